The number of rotatable bonds is 3. The molecule has 23 heavy (non-hydrogen) atoms. The molecule has 1 aliphatic heterocycles. The van der Waals surface area contributed by atoms with Crippen molar-refractivity contribution in [2.45, 2.75) is 6.54 Å². The summed E-state index contributed by atoms with van der Waals surface area (Å²) in [6.45, 7) is 3.29. The highest BCUT2D eigenvalue weighted by atomic mass is 16.5. The molecule has 0 N–H and O–H groups in total. The summed E-state index contributed by atoms with van der Waals surface area (Å²) in [5.41, 5.74) is 1.48. The second-order valence-electron chi connectivity index (χ2n) is 5.47. The molecule has 3 aromatic rings. The number of anilines is 1. The molecular weight excluding hydrogens is 294 g/mol. The maximum atomic E-state index is 12.6. The molecule has 7 heteroatoms. The molecular formula is C16H17N5O2. The summed E-state index contributed by atoms with van der Waals surface area (Å²) in [6, 6.07) is 9.83. The van der Waals surface area contributed by atoms with Gasteiger partial charge in [0.05, 0.1) is 19.8 Å². The van der Waals surface area contributed by atoms with Crippen LogP contribution in [0.25, 0.3) is 5.65 Å². The van der Waals surface area contributed by atoms with Gasteiger partial charge < -0.3 is 9.64 Å². The van der Waals surface area contributed by atoms with Crippen molar-refractivity contribution < 1.29 is 4.74 Å². The Kier molecular flexibility index (Phi) is 3.55. The number of benzene rings is 1. The SMILES string of the molecule is O=c1n(Cc2ccccc2)nc2c(N3CCOCC3)nccn12. The lowest BCUT2D eigenvalue weighted by molar-refractivity contribution is 0.122. The van der Waals surface area contributed by atoms with Gasteiger partial charge in [0, 0.05) is 25.5 Å². The first-order valence-corrected chi connectivity index (χ1v) is 7.64. The minimum absolute atomic E-state index is 0.152. The molecule has 0 spiro atoms. The maximum absolute atomic E-state index is 12.6. The van der Waals surface area contributed by atoms with Crippen LogP contribution in [0.1, 0.15) is 5.56 Å². The molecule has 0 aliphatic carbocycles. The van der Waals surface area contributed by atoms with Crippen molar-refractivity contribution in [2.24, 2.45) is 0 Å². The number of ether oxygens (including phenoxy) is 1. The molecule has 1 aromatic carbocycles. The van der Waals surface area contributed by atoms with E-state index in [2.05, 4.69) is 15.0 Å². The zero-order chi connectivity index (χ0) is 15.6. The van der Waals surface area contributed by atoms with Crippen LogP contribution in [0.4, 0.5) is 5.82 Å². The lowest BCUT2D eigenvalue weighted by atomic mass is 10.2. The Morgan fingerprint density at radius 2 is 1.91 bits per heavy atom. The van der Waals surface area contributed by atoms with Crippen LogP contribution >= 0.6 is 0 Å². The number of fused-ring (bicyclic) bond motifs is 1. The Morgan fingerprint density at radius 3 is 2.70 bits per heavy atom. The number of morpholine rings is 1. The Morgan fingerprint density at radius 1 is 1.13 bits per heavy atom. The summed E-state index contributed by atoms with van der Waals surface area (Å²) >= 11 is 0. The van der Waals surface area contributed by atoms with E-state index in [1.807, 2.05) is 30.3 Å². The van der Waals surface area contributed by atoms with E-state index in [9.17, 15) is 4.79 Å². The Bertz CT molecular complexity index is 865. The molecule has 0 atom stereocenters. The van der Waals surface area contributed by atoms with Crippen LogP contribution < -0.4 is 10.6 Å². The van der Waals surface area contributed by atoms with E-state index in [-0.39, 0.29) is 5.69 Å². The molecule has 7 nitrogen and oxygen atoms in total. The molecule has 0 saturated carbocycles. The Balaban J connectivity index is 1.76. The van der Waals surface area contributed by atoms with Gasteiger partial charge in [-0.05, 0) is 5.56 Å². The van der Waals surface area contributed by atoms with Crippen molar-refractivity contribution in [3.05, 3.63) is 58.8 Å². The third kappa shape index (κ3) is 2.59. The monoisotopic (exact) mass is 311 g/mol. The van der Waals surface area contributed by atoms with Gasteiger partial charge in [-0.1, -0.05) is 30.3 Å². The largest absolute Gasteiger partial charge is 0.378 e. The molecule has 0 amide bonds. The molecule has 1 saturated heterocycles. The Labute approximate surface area is 132 Å². The van der Waals surface area contributed by atoms with Crippen LogP contribution in [0, 0.1) is 0 Å². The van der Waals surface area contributed by atoms with Gasteiger partial charge >= 0.3 is 5.69 Å². The predicted molar refractivity (Wildman–Crippen MR) is 85.8 cm³/mol. The third-order valence-electron chi connectivity index (χ3n) is 3.97. The van der Waals surface area contributed by atoms with E-state index in [1.54, 1.807) is 16.8 Å². The van der Waals surface area contributed by atoms with Crippen LogP contribution in [-0.2, 0) is 11.3 Å². The van der Waals surface area contributed by atoms with Crippen LogP contribution in [-0.4, -0.2) is 45.5 Å². The first-order chi connectivity index (χ1) is 11.3. The van der Waals surface area contributed by atoms with E-state index >= 15 is 0 Å². The highest BCUT2D eigenvalue weighted by Gasteiger charge is 2.19. The molecule has 0 radical (unpaired) electrons. The van der Waals surface area contributed by atoms with Gasteiger partial charge in [0.1, 0.15) is 0 Å². The van der Waals surface area contributed by atoms with Crippen molar-refractivity contribution >= 4 is 11.5 Å². The van der Waals surface area contributed by atoms with E-state index in [4.69, 9.17) is 4.74 Å². The maximum Gasteiger partial charge on any atom is 0.350 e. The quantitative estimate of drug-likeness (QED) is 0.715. The summed E-state index contributed by atoms with van der Waals surface area (Å²) in [5.74, 6) is 0.736. The van der Waals surface area contributed by atoms with Crippen molar-refractivity contribution in [1.29, 1.82) is 0 Å². The number of aromatic nitrogens is 4. The van der Waals surface area contributed by atoms with Gasteiger partial charge in [-0.15, -0.1) is 5.10 Å². The highest BCUT2D eigenvalue weighted by Crippen LogP contribution is 2.17. The summed E-state index contributed by atoms with van der Waals surface area (Å²) in [5, 5.41) is 4.50. The number of nitrogens with zero attached hydrogens (tertiary/aromatic N) is 5. The minimum Gasteiger partial charge on any atom is -0.378 e. The fourth-order valence-corrected chi connectivity index (χ4v) is 2.79. The molecule has 0 bridgehead atoms. The van der Waals surface area contributed by atoms with Crippen molar-refractivity contribution in [1.82, 2.24) is 19.2 Å². The van der Waals surface area contributed by atoms with Crippen molar-refractivity contribution in [3.8, 4) is 0 Å². The molecule has 0 unspecified atom stereocenters. The first kappa shape index (κ1) is 14.0. The van der Waals surface area contributed by atoms with Gasteiger partial charge in [0.25, 0.3) is 0 Å². The van der Waals surface area contributed by atoms with Gasteiger partial charge in [-0.3, -0.25) is 0 Å². The molecule has 118 valence electrons. The van der Waals surface area contributed by atoms with E-state index in [1.165, 1.54) is 4.68 Å². The van der Waals surface area contributed by atoms with E-state index < -0.39 is 0 Å². The zero-order valence-electron chi connectivity index (χ0n) is 12.6. The average Bonchev–Trinajstić information content (AvgIpc) is 2.93. The van der Waals surface area contributed by atoms with E-state index in [0.29, 0.717) is 25.4 Å². The highest BCUT2D eigenvalue weighted by molar-refractivity contribution is 5.63. The first-order valence-electron chi connectivity index (χ1n) is 7.64. The predicted octanol–water partition coefficient (Wildman–Crippen LogP) is 0.776. The van der Waals surface area contributed by atoms with Gasteiger partial charge in [-0.25, -0.2) is 18.9 Å². The third-order valence-corrected chi connectivity index (χ3v) is 3.97. The normalized spacial score (nSPS) is 15.2. The minimum atomic E-state index is -0.152. The molecule has 3 heterocycles. The van der Waals surface area contributed by atoms with Crippen LogP contribution in [0.15, 0.2) is 47.5 Å². The van der Waals surface area contributed by atoms with Crippen molar-refractivity contribution in [2.75, 3.05) is 31.2 Å². The summed E-state index contributed by atoms with van der Waals surface area (Å²) in [6.07, 6.45) is 3.31. The second-order valence-corrected chi connectivity index (χ2v) is 5.47. The molecule has 4 rings (SSSR count). The average molecular weight is 311 g/mol. The fourth-order valence-electron chi connectivity index (χ4n) is 2.79. The topological polar surface area (TPSA) is 64.7 Å². The zero-order valence-corrected chi connectivity index (χ0v) is 12.6. The van der Waals surface area contributed by atoms with Gasteiger partial charge in [-0.2, -0.15) is 0 Å². The second kappa shape index (κ2) is 5.85. The summed E-state index contributed by atoms with van der Waals surface area (Å²) in [4.78, 5) is 19.1. The van der Waals surface area contributed by atoms with Crippen LogP contribution in [0.2, 0.25) is 0 Å². The molecule has 1 fully saturated rings. The molecule has 2 aromatic heterocycles. The van der Waals surface area contributed by atoms with Crippen LogP contribution in [0.5, 0.6) is 0 Å². The van der Waals surface area contributed by atoms with E-state index in [0.717, 1.165) is 24.5 Å². The molecule has 1 aliphatic rings. The summed E-state index contributed by atoms with van der Waals surface area (Å²) in [7, 11) is 0. The number of hydrogen-bond acceptors (Lipinski definition) is 5. The number of hydrogen-bond donors (Lipinski definition) is 0. The summed E-state index contributed by atoms with van der Waals surface area (Å²) < 4.78 is 8.42. The van der Waals surface area contributed by atoms with Gasteiger partial charge in [0.15, 0.2) is 5.82 Å². The lowest BCUT2D eigenvalue weighted by Gasteiger charge is -2.27. The Hall–Kier alpha value is -2.67. The standard InChI is InChI=1S/C16H17N5O2/c22-16-20-7-6-17-14(19-8-10-23-11-9-19)15(20)18-21(16)12-13-4-2-1-3-5-13/h1-7H,8-12H2. The van der Waals surface area contributed by atoms with Crippen LogP contribution in [0.3, 0.4) is 0 Å². The lowest BCUT2D eigenvalue weighted by Crippen LogP contribution is -2.37. The van der Waals surface area contributed by atoms with Gasteiger partial charge in [0.2, 0.25) is 5.65 Å². The fraction of sp³-hybridized carbons (Fsp3) is 0.312. The smallest absolute Gasteiger partial charge is 0.350 e. The van der Waals surface area contributed by atoms with Crippen molar-refractivity contribution in [3.63, 3.8) is 0 Å².